The highest BCUT2D eigenvalue weighted by atomic mass is 16.5. The number of carbonyl (C=O) groups is 1. The van der Waals surface area contributed by atoms with E-state index in [0.717, 1.165) is 24.3 Å². The Labute approximate surface area is 122 Å². The van der Waals surface area contributed by atoms with Crippen LogP contribution in [0.2, 0.25) is 0 Å². The van der Waals surface area contributed by atoms with E-state index in [2.05, 4.69) is 11.2 Å². The molecule has 1 fully saturated rings. The van der Waals surface area contributed by atoms with E-state index in [-0.39, 0.29) is 11.9 Å². The van der Waals surface area contributed by atoms with Gasteiger partial charge in [-0.15, -0.1) is 0 Å². The zero-order valence-corrected chi connectivity index (χ0v) is 11.7. The molecule has 21 heavy (non-hydrogen) atoms. The van der Waals surface area contributed by atoms with Gasteiger partial charge in [-0.2, -0.15) is 5.26 Å². The summed E-state index contributed by atoms with van der Waals surface area (Å²) in [4.78, 5) is 14.4. The Morgan fingerprint density at radius 3 is 2.81 bits per heavy atom. The van der Waals surface area contributed by atoms with Gasteiger partial charge in [-0.3, -0.25) is 4.79 Å². The van der Waals surface area contributed by atoms with Crippen LogP contribution in [0.5, 0.6) is 0 Å². The molecule has 0 aliphatic carbocycles. The quantitative estimate of drug-likeness (QED) is 0.848. The summed E-state index contributed by atoms with van der Waals surface area (Å²) in [5.41, 5.74) is 1.97. The molecule has 2 aromatic rings. The molecular formula is C16H15N3O2. The lowest BCUT2D eigenvalue weighted by Crippen LogP contribution is -2.30. The largest absolute Gasteiger partial charge is 0.359 e. The van der Waals surface area contributed by atoms with E-state index in [0.29, 0.717) is 17.7 Å². The fourth-order valence-electron chi connectivity index (χ4n) is 2.70. The summed E-state index contributed by atoms with van der Waals surface area (Å²) in [6.45, 7) is 2.58. The Hall–Kier alpha value is -2.61. The molecule has 1 aromatic heterocycles. The average Bonchev–Trinajstić information content (AvgIpc) is 3.15. The van der Waals surface area contributed by atoms with Gasteiger partial charge in [-0.05, 0) is 44.0 Å². The SMILES string of the molecule is Cc1cc([C@@H]2CCCN2C(=O)c2ccc(C#N)cc2)on1. The van der Waals surface area contributed by atoms with E-state index in [1.165, 1.54) is 0 Å². The molecule has 5 heteroatoms. The van der Waals surface area contributed by atoms with Crippen LogP contribution < -0.4 is 0 Å². The van der Waals surface area contributed by atoms with Gasteiger partial charge in [-0.1, -0.05) is 5.16 Å². The second-order valence-electron chi connectivity index (χ2n) is 5.22. The Kier molecular flexibility index (Phi) is 3.44. The number of aromatic nitrogens is 1. The minimum absolute atomic E-state index is 0.0314. The first-order valence-corrected chi connectivity index (χ1v) is 6.93. The molecule has 1 aromatic carbocycles. The van der Waals surface area contributed by atoms with Crippen molar-refractivity contribution in [2.45, 2.75) is 25.8 Å². The smallest absolute Gasteiger partial charge is 0.254 e. The van der Waals surface area contributed by atoms with Crippen molar-refractivity contribution in [1.29, 1.82) is 5.26 Å². The van der Waals surface area contributed by atoms with E-state index in [4.69, 9.17) is 9.78 Å². The predicted molar refractivity (Wildman–Crippen MR) is 75.4 cm³/mol. The maximum absolute atomic E-state index is 12.6. The fourth-order valence-corrected chi connectivity index (χ4v) is 2.70. The number of nitriles is 1. The molecule has 1 saturated heterocycles. The van der Waals surface area contributed by atoms with Gasteiger partial charge in [0.1, 0.15) is 0 Å². The van der Waals surface area contributed by atoms with Crippen molar-refractivity contribution in [2.24, 2.45) is 0 Å². The lowest BCUT2D eigenvalue weighted by molar-refractivity contribution is 0.0714. The maximum Gasteiger partial charge on any atom is 0.254 e. The Balaban J connectivity index is 1.84. The van der Waals surface area contributed by atoms with Crippen molar-refractivity contribution in [3.63, 3.8) is 0 Å². The van der Waals surface area contributed by atoms with E-state index in [9.17, 15) is 4.79 Å². The highest BCUT2D eigenvalue weighted by Gasteiger charge is 2.33. The number of hydrogen-bond donors (Lipinski definition) is 0. The Morgan fingerprint density at radius 1 is 1.43 bits per heavy atom. The monoisotopic (exact) mass is 281 g/mol. The first kappa shape index (κ1) is 13.4. The molecule has 1 amide bonds. The van der Waals surface area contributed by atoms with Crippen molar-refractivity contribution < 1.29 is 9.32 Å². The fraction of sp³-hybridized carbons (Fsp3) is 0.312. The molecule has 3 rings (SSSR count). The van der Waals surface area contributed by atoms with Crippen LogP contribution in [0.1, 0.15) is 46.3 Å². The molecule has 0 N–H and O–H groups in total. The van der Waals surface area contributed by atoms with Crippen LogP contribution in [0.4, 0.5) is 0 Å². The van der Waals surface area contributed by atoms with Crippen LogP contribution in [0, 0.1) is 18.3 Å². The van der Waals surface area contributed by atoms with Crippen LogP contribution in [0.3, 0.4) is 0 Å². The van der Waals surface area contributed by atoms with E-state index < -0.39 is 0 Å². The topological polar surface area (TPSA) is 70.1 Å². The minimum Gasteiger partial charge on any atom is -0.359 e. The number of likely N-dealkylation sites (tertiary alicyclic amines) is 1. The van der Waals surface area contributed by atoms with Gasteiger partial charge in [-0.25, -0.2) is 0 Å². The number of nitrogens with zero attached hydrogens (tertiary/aromatic N) is 3. The van der Waals surface area contributed by atoms with Crippen LogP contribution in [-0.2, 0) is 0 Å². The molecule has 5 nitrogen and oxygen atoms in total. The summed E-state index contributed by atoms with van der Waals surface area (Å²) in [7, 11) is 0. The first-order valence-electron chi connectivity index (χ1n) is 6.93. The maximum atomic E-state index is 12.6. The highest BCUT2D eigenvalue weighted by molar-refractivity contribution is 5.94. The zero-order chi connectivity index (χ0) is 14.8. The first-order chi connectivity index (χ1) is 10.2. The second kappa shape index (κ2) is 5.41. The third kappa shape index (κ3) is 2.52. The van der Waals surface area contributed by atoms with Gasteiger partial charge in [0.05, 0.1) is 23.4 Å². The van der Waals surface area contributed by atoms with Crippen molar-refractivity contribution in [2.75, 3.05) is 6.54 Å². The summed E-state index contributed by atoms with van der Waals surface area (Å²) in [6, 6.07) is 10.6. The van der Waals surface area contributed by atoms with Gasteiger partial charge < -0.3 is 9.42 Å². The van der Waals surface area contributed by atoms with Crippen LogP contribution in [0.25, 0.3) is 0 Å². The van der Waals surface area contributed by atoms with Gasteiger partial charge in [0.15, 0.2) is 5.76 Å². The molecule has 0 unspecified atom stereocenters. The molecule has 0 bridgehead atoms. The van der Waals surface area contributed by atoms with Crippen molar-refractivity contribution >= 4 is 5.91 Å². The third-order valence-corrected chi connectivity index (χ3v) is 3.75. The van der Waals surface area contributed by atoms with E-state index in [1.54, 1.807) is 24.3 Å². The van der Waals surface area contributed by atoms with Gasteiger partial charge >= 0.3 is 0 Å². The molecule has 0 radical (unpaired) electrons. The average molecular weight is 281 g/mol. The molecule has 106 valence electrons. The molecule has 0 spiro atoms. The second-order valence-corrected chi connectivity index (χ2v) is 5.22. The number of rotatable bonds is 2. The lowest BCUT2D eigenvalue weighted by atomic mass is 10.1. The van der Waals surface area contributed by atoms with E-state index in [1.807, 2.05) is 17.9 Å². The molecule has 1 atom stereocenters. The van der Waals surface area contributed by atoms with Gasteiger partial charge in [0.2, 0.25) is 0 Å². The van der Waals surface area contributed by atoms with Crippen molar-refractivity contribution in [3.8, 4) is 6.07 Å². The van der Waals surface area contributed by atoms with Crippen LogP contribution >= 0.6 is 0 Å². The zero-order valence-electron chi connectivity index (χ0n) is 11.7. The number of carbonyl (C=O) groups excluding carboxylic acids is 1. The van der Waals surface area contributed by atoms with Gasteiger partial charge in [0, 0.05) is 18.2 Å². The van der Waals surface area contributed by atoms with Crippen LogP contribution in [-0.4, -0.2) is 22.5 Å². The molecule has 0 saturated carbocycles. The molecular weight excluding hydrogens is 266 g/mol. The summed E-state index contributed by atoms with van der Waals surface area (Å²) < 4.78 is 5.31. The summed E-state index contributed by atoms with van der Waals surface area (Å²) in [5.74, 6) is 0.711. The molecule has 1 aliphatic rings. The normalized spacial score (nSPS) is 17.7. The molecule has 2 heterocycles. The van der Waals surface area contributed by atoms with Crippen molar-refractivity contribution in [3.05, 3.63) is 52.9 Å². The summed E-state index contributed by atoms with van der Waals surface area (Å²) in [5, 5.41) is 12.7. The standard InChI is InChI=1S/C16H15N3O2/c1-11-9-15(21-18-11)14-3-2-8-19(14)16(20)13-6-4-12(10-17)5-7-13/h4-7,9,14H,2-3,8H2,1H3/t14-/m0/s1. The lowest BCUT2D eigenvalue weighted by Gasteiger charge is -2.22. The highest BCUT2D eigenvalue weighted by Crippen LogP contribution is 2.33. The number of aryl methyl sites for hydroxylation is 1. The third-order valence-electron chi connectivity index (χ3n) is 3.75. The van der Waals surface area contributed by atoms with Gasteiger partial charge in [0.25, 0.3) is 5.91 Å². The van der Waals surface area contributed by atoms with E-state index >= 15 is 0 Å². The predicted octanol–water partition coefficient (Wildman–Crippen LogP) is 2.83. The number of amides is 1. The Bertz CT molecular complexity index is 697. The van der Waals surface area contributed by atoms with Crippen LogP contribution in [0.15, 0.2) is 34.9 Å². The van der Waals surface area contributed by atoms with Crippen molar-refractivity contribution in [1.82, 2.24) is 10.1 Å². The summed E-state index contributed by atoms with van der Waals surface area (Å²) >= 11 is 0. The number of hydrogen-bond acceptors (Lipinski definition) is 4. The summed E-state index contributed by atoms with van der Waals surface area (Å²) in [6.07, 6.45) is 1.84. The molecule has 1 aliphatic heterocycles. The number of benzene rings is 1. The Morgan fingerprint density at radius 2 is 2.19 bits per heavy atom. The minimum atomic E-state index is -0.0469.